The maximum absolute atomic E-state index is 12.2. The number of thioether (sulfide) groups is 1. The number of rotatable bonds is 5. The summed E-state index contributed by atoms with van der Waals surface area (Å²) in [6.07, 6.45) is 1.66. The van der Waals surface area contributed by atoms with Crippen LogP contribution in [0.3, 0.4) is 0 Å². The summed E-state index contributed by atoms with van der Waals surface area (Å²) in [7, 11) is 0. The molecule has 0 saturated carbocycles. The summed E-state index contributed by atoms with van der Waals surface area (Å²) in [5, 5.41) is 3.30. The van der Waals surface area contributed by atoms with Gasteiger partial charge >= 0.3 is 0 Å². The highest BCUT2D eigenvalue weighted by atomic mass is 32.2. The first-order valence-corrected chi connectivity index (χ1v) is 9.10. The molecule has 26 heavy (non-hydrogen) atoms. The fraction of sp³-hybridized carbons (Fsp3) is 0.158. The fourth-order valence-corrected chi connectivity index (χ4v) is 3.11. The first-order valence-electron chi connectivity index (χ1n) is 8.11. The lowest BCUT2D eigenvalue weighted by molar-refractivity contribution is -0.113. The predicted octanol–water partition coefficient (Wildman–Crippen LogP) is 3.84. The molecule has 7 heteroatoms. The highest BCUT2D eigenvalue weighted by Crippen LogP contribution is 2.32. The van der Waals surface area contributed by atoms with E-state index in [0.29, 0.717) is 41.4 Å². The van der Waals surface area contributed by atoms with Gasteiger partial charge in [-0.3, -0.25) is 4.79 Å². The van der Waals surface area contributed by atoms with E-state index in [1.807, 2.05) is 30.3 Å². The Balaban J connectivity index is 1.34. The average molecular weight is 368 g/mol. The van der Waals surface area contributed by atoms with Crippen molar-refractivity contribution >= 4 is 23.4 Å². The predicted molar refractivity (Wildman–Crippen MR) is 98.7 cm³/mol. The van der Waals surface area contributed by atoms with Crippen LogP contribution >= 0.6 is 11.8 Å². The molecule has 2 aromatic carbocycles. The molecule has 4 rings (SSSR count). The number of carbonyl (C=O) groups excluding carboxylic acids is 1. The Morgan fingerprint density at radius 1 is 1.08 bits per heavy atom. The molecule has 1 aliphatic heterocycles. The Kier molecular flexibility index (Phi) is 4.79. The third-order valence-corrected chi connectivity index (χ3v) is 4.54. The van der Waals surface area contributed by atoms with Gasteiger partial charge in [-0.15, -0.1) is 0 Å². The quantitative estimate of drug-likeness (QED) is 0.690. The second kappa shape index (κ2) is 7.53. The normalized spacial score (nSPS) is 12.6. The van der Waals surface area contributed by atoms with Gasteiger partial charge in [0.25, 0.3) is 5.22 Å². The fourth-order valence-electron chi connectivity index (χ4n) is 2.51. The van der Waals surface area contributed by atoms with Gasteiger partial charge in [-0.25, -0.2) is 4.98 Å². The van der Waals surface area contributed by atoms with Crippen molar-refractivity contribution in [1.29, 1.82) is 0 Å². The largest absolute Gasteiger partial charge is 0.486 e. The monoisotopic (exact) mass is 368 g/mol. The van der Waals surface area contributed by atoms with Gasteiger partial charge in [0.1, 0.15) is 13.2 Å². The third kappa shape index (κ3) is 3.83. The maximum atomic E-state index is 12.2. The standard InChI is InChI=1S/C19H16N2O4S/c22-18(21-14-6-7-15-16(10-14)24-9-8-23-15)12-26-19-20-11-17(25-19)13-4-2-1-3-5-13/h1-7,10-11H,8-9,12H2,(H,21,22). The van der Waals surface area contributed by atoms with Crippen LogP contribution in [0, 0.1) is 0 Å². The minimum atomic E-state index is -0.147. The molecule has 0 spiro atoms. The van der Waals surface area contributed by atoms with Crippen LogP contribution in [0.4, 0.5) is 5.69 Å². The summed E-state index contributed by atoms with van der Waals surface area (Å²) in [4.78, 5) is 16.4. The molecule has 1 N–H and O–H groups in total. The number of amides is 1. The number of oxazole rings is 1. The molecule has 0 unspecified atom stereocenters. The lowest BCUT2D eigenvalue weighted by Crippen LogP contribution is -2.17. The third-order valence-electron chi connectivity index (χ3n) is 3.70. The van der Waals surface area contributed by atoms with Crippen LogP contribution in [0.5, 0.6) is 11.5 Å². The van der Waals surface area contributed by atoms with E-state index in [0.717, 1.165) is 5.56 Å². The van der Waals surface area contributed by atoms with E-state index in [2.05, 4.69) is 10.3 Å². The van der Waals surface area contributed by atoms with Gasteiger partial charge in [-0.2, -0.15) is 0 Å². The summed E-state index contributed by atoms with van der Waals surface area (Å²) in [5.74, 6) is 2.06. The number of hydrogen-bond donors (Lipinski definition) is 1. The smallest absolute Gasteiger partial charge is 0.256 e. The van der Waals surface area contributed by atoms with Crippen molar-refractivity contribution in [2.45, 2.75) is 5.22 Å². The Labute approximate surface area is 154 Å². The Bertz CT molecular complexity index is 911. The van der Waals surface area contributed by atoms with Crippen LogP contribution in [0.1, 0.15) is 0 Å². The Morgan fingerprint density at radius 3 is 2.73 bits per heavy atom. The van der Waals surface area contributed by atoms with Gasteiger partial charge in [0.15, 0.2) is 17.3 Å². The summed E-state index contributed by atoms with van der Waals surface area (Å²) >= 11 is 1.25. The minimum absolute atomic E-state index is 0.147. The number of anilines is 1. The summed E-state index contributed by atoms with van der Waals surface area (Å²) < 4.78 is 16.7. The van der Waals surface area contributed by atoms with Gasteiger partial charge < -0.3 is 19.2 Å². The molecule has 0 radical (unpaired) electrons. The SMILES string of the molecule is O=C(CSc1ncc(-c2ccccc2)o1)Nc1ccc2c(c1)OCCO2. The van der Waals surface area contributed by atoms with Crippen molar-refractivity contribution in [2.24, 2.45) is 0 Å². The van der Waals surface area contributed by atoms with Gasteiger partial charge in [0, 0.05) is 17.3 Å². The highest BCUT2D eigenvalue weighted by Gasteiger charge is 2.14. The molecular formula is C19H16N2O4S. The van der Waals surface area contributed by atoms with Gasteiger partial charge in [0.2, 0.25) is 5.91 Å². The zero-order valence-corrected chi connectivity index (χ0v) is 14.6. The molecule has 1 amide bonds. The van der Waals surface area contributed by atoms with E-state index in [1.165, 1.54) is 11.8 Å². The summed E-state index contributed by atoms with van der Waals surface area (Å²) in [6, 6.07) is 15.0. The molecule has 3 aromatic rings. The number of ether oxygens (including phenoxy) is 2. The van der Waals surface area contributed by atoms with Crippen LogP contribution in [0.25, 0.3) is 11.3 Å². The zero-order valence-electron chi connectivity index (χ0n) is 13.8. The molecule has 1 aromatic heterocycles. The topological polar surface area (TPSA) is 73.6 Å². The molecule has 0 saturated heterocycles. The molecule has 2 heterocycles. The molecule has 0 fully saturated rings. The number of benzene rings is 2. The first-order chi connectivity index (χ1) is 12.8. The van der Waals surface area contributed by atoms with E-state index in [1.54, 1.807) is 24.4 Å². The first kappa shape index (κ1) is 16.5. The van der Waals surface area contributed by atoms with Crippen molar-refractivity contribution in [2.75, 3.05) is 24.3 Å². The Morgan fingerprint density at radius 2 is 1.88 bits per heavy atom. The van der Waals surface area contributed by atoms with Crippen LogP contribution in [0.15, 0.2) is 64.4 Å². The van der Waals surface area contributed by atoms with Gasteiger partial charge in [0.05, 0.1) is 11.9 Å². The summed E-state index contributed by atoms with van der Waals surface area (Å²) in [5.41, 5.74) is 1.62. The second-order valence-corrected chi connectivity index (χ2v) is 6.48. The van der Waals surface area contributed by atoms with Crippen molar-refractivity contribution in [3.63, 3.8) is 0 Å². The van der Waals surface area contributed by atoms with E-state index >= 15 is 0 Å². The zero-order chi connectivity index (χ0) is 17.8. The number of aromatic nitrogens is 1. The van der Waals surface area contributed by atoms with Crippen molar-refractivity contribution in [1.82, 2.24) is 4.98 Å². The van der Waals surface area contributed by atoms with Gasteiger partial charge in [-0.05, 0) is 12.1 Å². The number of nitrogens with zero attached hydrogens (tertiary/aromatic N) is 1. The van der Waals surface area contributed by atoms with Gasteiger partial charge in [-0.1, -0.05) is 42.1 Å². The molecule has 0 bridgehead atoms. The average Bonchev–Trinajstić information content (AvgIpc) is 3.16. The lowest BCUT2D eigenvalue weighted by Gasteiger charge is -2.18. The highest BCUT2D eigenvalue weighted by molar-refractivity contribution is 7.99. The van der Waals surface area contributed by atoms with E-state index in [9.17, 15) is 4.79 Å². The van der Waals surface area contributed by atoms with Crippen LogP contribution in [-0.4, -0.2) is 29.9 Å². The van der Waals surface area contributed by atoms with E-state index in [-0.39, 0.29) is 11.7 Å². The molecule has 1 aliphatic rings. The minimum Gasteiger partial charge on any atom is -0.486 e. The molecule has 132 valence electrons. The van der Waals surface area contributed by atoms with Crippen LogP contribution in [0.2, 0.25) is 0 Å². The Hall–Kier alpha value is -2.93. The number of nitrogens with one attached hydrogen (secondary N) is 1. The van der Waals surface area contributed by atoms with Crippen LogP contribution < -0.4 is 14.8 Å². The van der Waals surface area contributed by atoms with Crippen molar-refractivity contribution in [3.05, 3.63) is 54.7 Å². The second-order valence-electron chi connectivity index (χ2n) is 5.55. The number of carbonyl (C=O) groups is 1. The molecular weight excluding hydrogens is 352 g/mol. The van der Waals surface area contributed by atoms with E-state index in [4.69, 9.17) is 13.9 Å². The van der Waals surface area contributed by atoms with Crippen molar-refractivity contribution < 1.29 is 18.7 Å². The van der Waals surface area contributed by atoms with Crippen LogP contribution in [-0.2, 0) is 4.79 Å². The summed E-state index contributed by atoms with van der Waals surface area (Å²) in [6.45, 7) is 1.05. The molecule has 0 atom stereocenters. The lowest BCUT2D eigenvalue weighted by atomic mass is 10.2. The number of fused-ring (bicyclic) bond motifs is 1. The van der Waals surface area contributed by atoms with Crippen molar-refractivity contribution in [3.8, 4) is 22.8 Å². The maximum Gasteiger partial charge on any atom is 0.256 e. The number of hydrogen-bond acceptors (Lipinski definition) is 6. The van der Waals surface area contributed by atoms with E-state index < -0.39 is 0 Å². The molecule has 6 nitrogen and oxygen atoms in total. The molecule has 0 aliphatic carbocycles.